The van der Waals surface area contributed by atoms with Crippen LogP contribution in [0.5, 0.6) is 5.75 Å². The van der Waals surface area contributed by atoms with Crippen molar-refractivity contribution in [2.24, 2.45) is 5.92 Å². The van der Waals surface area contributed by atoms with Gasteiger partial charge in [-0.3, -0.25) is 4.79 Å². The number of aryl methyl sites for hydroxylation is 1. The van der Waals surface area contributed by atoms with Gasteiger partial charge in [0.05, 0.1) is 17.1 Å². The molecule has 0 spiro atoms. The van der Waals surface area contributed by atoms with Crippen LogP contribution in [0.25, 0.3) is 11.1 Å². The first-order valence-corrected chi connectivity index (χ1v) is 12.9. The normalized spacial score (nSPS) is 12.0. The third-order valence-electron chi connectivity index (χ3n) is 5.42. The lowest BCUT2D eigenvalue weighted by Crippen LogP contribution is -2.31. The molecule has 0 unspecified atom stereocenters. The molecule has 192 valence electrons. The standard InChI is InChI=1S/C27H28F3NO4S/c1-5-35-25-12-9-18(4)14-24(25)19-10-11-23(20(15-19)13-17(2)3)26(32)31-36(33,34)22-8-6-7-21(16-22)27(28,29)30/h6-12,14-17H,5,13H2,1-4H3,(H,31,32). The highest BCUT2D eigenvalue weighted by atomic mass is 32.2. The van der Waals surface area contributed by atoms with Crippen LogP contribution in [0.1, 0.15) is 47.8 Å². The number of hydrogen-bond donors (Lipinski definition) is 1. The van der Waals surface area contributed by atoms with Crippen molar-refractivity contribution in [3.05, 3.63) is 82.9 Å². The van der Waals surface area contributed by atoms with Crippen molar-refractivity contribution in [3.8, 4) is 16.9 Å². The number of benzene rings is 3. The van der Waals surface area contributed by atoms with Gasteiger partial charge in [-0.05, 0) is 73.7 Å². The second-order valence-corrected chi connectivity index (χ2v) is 10.5. The van der Waals surface area contributed by atoms with Crippen molar-refractivity contribution in [1.82, 2.24) is 4.72 Å². The number of amides is 1. The summed E-state index contributed by atoms with van der Waals surface area (Å²) in [6.45, 7) is 8.24. The summed E-state index contributed by atoms with van der Waals surface area (Å²) in [5.74, 6) is -0.0810. The summed E-state index contributed by atoms with van der Waals surface area (Å²) >= 11 is 0. The van der Waals surface area contributed by atoms with Crippen LogP contribution in [0, 0.1) is 12.8 Å². The first-order valence-electron chi connectivity index (χ1n) is 11.4. The summed E-state index contributed by atoms with van der Waals surface area (Å²) in [7, 11) is -4.54. The SMILES string of the molecule is CCOc1ccc(C)cc1-c1ccc(C(=O)NS(=O)(=O)c2cccc(C(F)(F)F)c2)c(CC(C)C)c1. The fourth-order valence-electron chi connectivity index (χ4n) is 3.82. The largest absolute Gasteiger partial charge is 0.493 e. The number of carbonyl (C=O) groups is 1. The van der Waals surface area contributed by atoms with E-state index in [1.54, 1.807) is 6.07 Å². The topological polar surface area (TPSA) is 72.5 Å². The lowest BCUT2D eigenvalue weighted by molar-refractivity contribution is -0.137. The Balaban J connectivity index is 2.00. The highest BCUT2D eigenvalue weighted by Crippen LogP contribution is 2.33. The minimum Gasteiger partial charge on any atom is -0.493 e. The van der Waals surface area contributed by atoms with Crippen molar-refractivity contribution >= 4 is 15.9 Å². The van der Waals surface area contributed by atoms with Gasteiger partial charge in [0.1, 0.15) is 5.75 Å². The predicted molar refractivity (Wildman–Crippen MR) is 132 cm³/mol. The number of sulfonamides is 1. The molecule has 3 aromatic carbocycles. The molecule has 36 heavy (non-hydrogen) atoms. The second kappa shape index (κ2) is 10.7. The molecule has 3 aromatic rings. The van der Waals surface area contributed by atoms with E-state index in [9.17, 15) is 26.4 Å². The third kappa shape index (κ3) is 6.46. The van der Waals surface area contributed by atoms with Crippen LogP contribution in [0.3, 0.4) is 0 Å². The first-order chi connectivity index (χ1) is 16.8. The van der Waals surface area contributed by atoms with Crippen molar-refractivity contribution in [2.45, 2.75) is 45.2 Å². The van der Waals surface area contributed by atoms with Crippen LogP contribution < -0.4 is 9.46 Å². The highest BCUT2D eigenvalue weighted by Gasteiger charge is 2.32. The van der Waals surface area contributed by atoms with Crippen LogP contribution in [-0.2, 0) is 22.6 Å². The monoisotopic (exact) mass is 519 g/mol. The summed E-state index contributed by atoms with van der Waals surface area (Å²) in [6.07, 6.45) is -4.23. The maximum absolute atomic E-state index is 13.1. The number of ether oxygens (including phenoxy) is 1. The van der Waals surface area contributed by atoms with Crippen molar-refractivity contribution in [2.75, 3.05) is 6.61 Å². The second-order valence-electron chi connectivity index (χ2n) is 8.86. The van der Waals surface area contributed by atoms with E-state index in [1.165, 1.54) is 6.07 Å². The molecular formula is C27H28F3NO4S. The quantitative estimate of drug-likeness (QED) is 0.374. The minimum absolute atomic E-state index is 0.133. The zero-order valence-corrected chi connectivity index (χ0v) is 21.3. The molecule has 0 aliphatic rings. The third-order valence-corrected chi connectivity index (χ3v) is 6.75. The van der Waals surface area contributed by atoms with Gasteiger partial charge in [-0.15, -0.1) is 0 Å². The molecule has 0 bridgehead atoms. The van der Waals surface area contributed by atoms with E-state index < -0.39 is 32.6 Å². The zero-order valence-electron chi connectivity index (χ0n) is 20.4. The van der Waals surface area contributed by atoms with Crippen molar-refractivity contribution < 1.29 is 31.1 Å². The van der Waals surface area contributed by atoms with Gasteiger partial charge in [-0.2, -0.15) is 13.2 Å². The molecule has 5 nitrogen and oxygen atoms in total. The molecule has 0 heterocycles. The molecule has 3 rings (SSSR count). The van der Waals surface area contributed by atoms with Crippen LogP contribution in [0.15, 0.2) is 65.6 Å². The summed E-state index contributed by atoms with van der Waals surface area (Å²) in [6, 6.07) is 14.1. The molecule has 0 aliphatic heterocycles. The molecular weight excluding hydrogens is 491 g/mol. The Labute approximate surface area is 209 Å². The van der Waals surface area contributed by atoms with Crippen LogP contribution in [-0.4, -0.2) is 20.9 Å². The van der Waals surface area contributed by atoms with E-state index >= 15 is 0 Å². The molecule has 0 aliphatic carbocycles. The Bertz CT molecular complexity index is 1370. The molecule has 9 heteroatoms. The number of alkyl halides is 3. The number of halogens is 3. The van der Waals surface area contributed by atoms with E-state index in [1.807, 2.05) is 56.7 Å². The molecule has 0 saturated heterocycles. The van der Waals surface area contributed by atoms with Crippen LogP contribution in [0.2, 0.25) is 0 Å². The number of rotatable bonds is 8. The van der Waals surface area contributed by atoms with Gasteiger partial charge in [-0.1, -0.05) is 43.7 Å². The fourth-order valence-corrected chi connectivity index (χ4v) is 4.83. The lowest BCUT2D eigenvalue weighted by atomic mass is 9.92. The average molecular weight is 520 g/mol. The van der Waals surface area contributed by atoms with Gasteiger partial charge in [0, 0.05) is 11.1 Å². The summed E-state index contributed by atoms with van der Waals surface area (Å²) in [4.78, 5) is 12.4. The van der Waals surface area contributed by atoms with E-state index in [0.29, 0.717) is 30.4 Å². The van der Waals surface area contributed by atoms with Gasteiger partial charge in [-0.25, -0.2) is 13.1 Å². The first kappa shape index (κ1) is 27.3. The Hall–Kier alpha value is -3.33. The smallest absolute Gasteiger partial charge is 0.416 e. The van der Waals surface area contributed by atoms with Gasteiger partial charge in [0.15, 0.2) is 0 Å². The van der Waals surface area contributed by atoms with Gasteiger partial charge >= 0.3 is 6.18 Å². The number of nitrogens with one attached hydrogen (secondary N) is 1. The Morgan fingerprint density at radius 1 is 1.03 bits per heavy atom. The summed E-state index contributed by atoms with van der Waals surface area (Å²) < 4.78 is 72.3. The number of hydrogen-bond acceptors (Lipinski definition) is 4. The molecule has 1 amide bonds. The van der Waals surface area contributed by atoms with Gasteiger partial charge in [0.25, 0.3) is 15.9 Å². The average Bonchev–Trinajstić information content (AvgIpc) is 2.79. The van der Waals surface area contributed by atoms with Crippen LogP contribution in [0.4, 0.5) is 13.2 Å². The predicted octanol–water partition coefficient (Wildman–Crippen LogP) is 6.40. The van der Waals surface area contributed by atoms with Gasteiger partial charge < -0.3 is 4.74 Å². The number of carbonyl (C=O) groups excluding carboxylic acids is 1. The van der Waals surface area contributed by atoms with E-state index in [0.717, 1.165) is 34.9 Å². The zero-order chi connectivity index (χ0) is 26.7. The molecule has 1 N–H and O–H groups in total. The van der Waals surface area contributed by atoms with Crippen LogP contribution >= 0.6 is 0 Å². The fraction of sp³-hybridized carbons (Fsp3) is 0.296. The highest BCUT2D eigenvalue weighted by molar-refractivity contribution is 7.90. The summed E-state index contributed by atoms with van der Waals surface area (Å²) in [5, 5.41) is 0. The maximum atomic E-state index is 13.1. The Morgan fingerprint density at radius 2 is 1.75 bits per heavy atom. The molecule has 0 saturated carbocycles. The molecule has 0 radical (unpaired) electrons. The molecule has 0 aromatic heterocycles. The van der Waals surface area contributed by atoms with E-state index in [-0.39, 0.29) is 11.5 Å². The maximum Gasteiger partial charge on any atom is 0.416 e. The molecule has 0 atom stereocenters. The summed E-state index contributed by atoms with van der Waals surface area (Å²) in [5.41, 5.74) is 2.29. The Kier molecular flexibility index (Phi) is 8.13. The van der Waals surface area contributed by atoms with E-state index in [2.05, 4.69) is 0 Å². The lowest BCUT2D eigenvalue weighted by Gasteiger charge is -2.16. The molecule has 0 fully saturated rings. The van der Waals surface area contributed by atoms with Crippen molar-refractivity contribution in [1.29, 1.82) is 0 Å². The Morgan fingerprint density at radius 3 is 2.39 bits per heavy atom. The minimum atomic E-state index is -4.72. The van der Waals surface area contributed by atoms with Gasteiger partial charge in [0.2, 0.25) is 0 Å². The van der Waals surface area contributed by atoms with Crippen molar-refractivity contribution in [3.63, 3.8) is 0 Å². The van der Waals surface area contributed by atoms with E-state index in [4.69, 9.17) is 4.74 Å².